The lowest BCUT2D eigenvalue weighted by Crippen LogP contribution is -2.46. The Morgan fingerprint density at radius 2 is 2.32 bits per heavy atom. The summed E-state index contributed by atoms with van der Waals surface area (Å²) in [6.07, 6.45) is 2.52. The van der Waals surface area contributed by atoms with Gasteiger partial charge in [-0.3, -0.25) is 9.59 Å². The van der Waals surface area contributed by atoms with Crippen LogP contribution in [0.15, 0.2) is 17.5 Å². The Kier molecular flexibility index (Phi) is 5.10. The van der Waals surface area contributed by atoms with Gasteiger partial charge in [0.05, 0.1) is 4.88 Å². The van der Waals surface area contributed by atoms with E-state index in [9.17, 15) is 9.59 Å². The van der Waals surface area contributed by atoms with E-state index >= 15 is 0 Å². The summed E-state index contributed by atoms with van der Waals surface area (Å²) in [6, 6.07) is 4.36. The van der Waals surface area contributed by atoms with Crippen LogP contribution < -0.4 is 10.6 Å². The molecule has 104 valence electrons. The van der Waals surface area contributed by atoms with Crippen LogP contribution in [-0.4, -0.2) is 30.3 Å². The molecule has 4 nitrogen and oxygen atoms in total. The Labute approximate surface area is 117 Å². The molecule has 1 fully saturated rings. The first-order valence-corrected chi connectivity index (χ1v) is 7.62. The minimum Gasteiger partial charge on any atom is -0.353 e. The van der Waals surface area contributed by atoms with Gasteiger partial charge in [-0.1, -0.05) is 6.07 Å². The predicted octanol–water partition coefficient (Wildman–Crippen LogP) is 1.97. The summed E-state index contributed by atoms with van der Waals surface area (Å²) < 4.78 is 0. The summed E-state index contributed by atoms with van der Waals surface area (Å²) in [5.41, 5.74) is 0. The SMILES string of the molecule is CC1CC(NC(=O)CCC(=O)c2cccs2)CCN1. The molecular formula is C14H20N2O2S. The maximum absolute atomic E-state index is 11.8. The summed E-state index contributed by atoms with van der Waals surface area (Å²) in [4.78, 5) is 24.3. The quantitative estimate of drug-likeness (QED) is 0.811. The van der Waals surface area contributed by atoms with Crippen LogP contribution in [0.25, 0.3) is 0 Å². The van der Waals surface area contributed by atoms with Gasteiger partial charge in [-0.25, -0.2) is 0 Å². The lowest BCUT2D eigenvalue weighted by atomic mass is 10.0. The minimum absolute atomic E-state index is 0.0102. The number of nitrogens with one attached hydrogen (secondary N) is 2. The third-order valence-electron chi connectivity index (χ3n) is 3.36. The molecule has 2 atom stereocenters. The zero-order valence-electron chi connectivity index (χ0n) is 11.1. The number of thiophene rings is 1. The molecule has 0 radical (unpaired) electrons. The van der Waals surface area contributed by atoms with E-state index in [-0.39, 0.29) is 24.2 Å². The zero-order valence-corrected chi connectivity index (χ0v) is 12.0. The normalized spacial score (nSPS) is 23.0. The predicted molar refractivity (Wildman–Crippen MR) is 76.5 cm³/mol. The minimum atomic E-state index is -0.0102. The number of rotatable bonds is 5. The molecule has 1 aromatic rings. The number of Topliss-reactive ketones (excluding diaryl/α,β-unsaturated/α-hetero) is 1. The molecule has 1 aliphatic heterocycles. The van der Waals surface area contributed by atoms with Gasteiger partial charge in [0.2, 0.25) is 5.91 Å². The molecule has 0 saturated carbocycles. The highest BCUT2D eigenvalue weighted by atomic mass is 32.1. The Balaban J connectivity index is 1.71. The largest absolute Gasteiger partial charge is 0.353 e. The van der Waals surface area contributed by atoms with Gasteiger partial charge in [-0.2, -0.15) is 0 Å². The molecule has 1 saturated heterocycles. The Bertz CT molecular complexity index is 431. The molecule has 0 spiro atoms. The van der Waals surface area contributed by atoms with Crippen LogP contribution in [0.4, 0.5) is 0 Å². The molecule has 0 aliphatic carbocycles. The molecular weight excluding hydrogens is 260 g/mol. The van der Waals surface area contributed by atoms with Crippen molar-refractivity contribution < 1.29 is 9.59 Å². The van der Waals surface area contributed by atoms with Gasteiger partial charge >= 0.3 is 0 Å². The van der Waals surface area contributed by atoms with Gasteiger partial charge in [0.1, 0.15) is 0 Å². The molecule has 0 bridgehead atoms. The monoisotopic (exact) mass is 280 g/mol. The van der Waals surface area contributed by atoms with Crippen molar-refractivity contribution in [2.45, 2.75) is 44.7 Å². The van der Waals surface area contributed by atoms with Crippen LogP contribution in [0.2, 0.25) is 0 Å². The number of hydrogen-bond acceptors (Lipinski definition) is 4. The van der Waals surface area contributed by atoms with Gasteiger partial charge < -0.3 is 10.6 Å². The van der Waals surface area contributed by atoms with Crippen molar-refractivity contribution in [1.82, 2.24) is 10.6 Å². The van der Waals surface area contributed by atoms with E-state index in [0.29, 0.717) is 12.5 Å². The first-order chi connectivity index (χ1) is 9.15. The fourth-order valence-corrected chi connectivity index (χ4v) is 3.04. The Hall–Kier alpha value is -1.20. The van der Waals surface area contributed by atoms with Crippen LogP contribution in [-0.2, 0) is 4.79 Å². The van der Waals surface area contributed by atoms with Crippen molar-refractivity contribution in [1.29, 1.82) is 0 Å². The Morgan fingerprint density at radius 1 is 1.47 bits per heavy atom. The van der Waals surface area contributed by atoms with E-state index < -0.39 is 0 Å². The average molecular weight is 280 g/mol. The summed E-state index contributed by atoms with van der Waals surface area (Å²) in [5.74, 6) is 0.0489. The maximum Gasteiger partial charge on any atom is 0.220 e. The molecule has 2 N–H and O–H groups in total. The van der Waals surface area contributed by atoms with Gasteiger partial charge in [0.25, 0.3) is 0 Å². The van der Waals surface area contributed by atoms with Crippen LogP contribution >= 0.6 is 11.3 Å². The molecule has 2 unspecified atom stereocenters. The second-order valence-electron chi connectivity index (χ2n) is 5.04. The molecule has 1 aliphatic rings. The van der Waals surface area contributed by atoms with E-state index in [4.69, 9.17) is 0 Å². The average Bonchev–Trinajstić information content (AvgIpc) is 2.90. The lowest BCUT2D eigenvalue weighted by Gasteiger charge is -2.28. The van der Waals surface area contributed by atoms with Crippen molar-refractivity contribution >= 4 is 23.0 Å². The summed E-state index contributed by atoms with van der Waals surface area (Å²) in [5, 5.41) is 8.25. The van der Waals surface area contributed by atoms with E-state index in [0.717, 1.165) is 24.3 Å². The summed E-state index contributed by atoms with van der Waals surface area (Å²) >= 11 is 1.43. The third-order valence-corrected chi connectivity index (χ3v) is 4.27. The van der Waals surface area contributed by atoms with E-state index in [1.807, 2.05) is 11.4 Å². The topological polar surface area (TPSA) is 58.2 Å². The standard InChI is InChI=1S/C14H20N2O2S/c1-10-9-11(6-7-15-10)16-14(18)5-4-12(17)13-3-2-8-19-13/h2-3,8,10-11,15H,4-7,9H2,1H3,(H,16,18). The molecule has 1 aromatic heterocycles. The molecule has 2 heterocycles. The van der Waals surface area contributed by atoms with Crippen LogP contribution in [0.5, 0.6) is 0 Å². The van der Waals surface area contributed by atoms with Gasteiger partial charge in [0.15, 0.2) is 5.78 Å². The maximum atomic E-state index is 11.8. The van der Waals surface area contributed by atoms with E-state index in [2.05, 4.69) is 17.6 Å². The van der Waals surface area contributed by atoms with Crippen LogP contribution in [0.3, 0.4) is 0 Å². The van der Waals surface area contributed by atoms with Gasteiger partial charge in [0, 0.05) is 24.9 Å². The molecule has 0 aromatic carbocycles. The van der Waals surface area contributed by atoms with Crippen LogP contribution in [0.1, 0.15) is 42.3 Å². The lowest BCUT2D eigenvalue weighted by molar-refractivity contribution is -0.122. The molecule has 5 heteroatoms. The second-order valence-corrected chi connectivity index (χ2v) is 5.99. The van der Waals surface area contributed by atoms with Gasteiger partial charge in [-0.15, -0.1) is 11.3 Å². The number of hydrogen-bond donors (Lipinski definition) is 2. The van der Waals surface area contributed by atoms with Crippen molar-refractivity contribution in [2.75, 3.05) is 6.54 Å². The first-order valence-electron chi connectivity index (χ1n) is 6.74. The fraction of sp³-hybridized carbons (Fsp3) is 0.571. The number of carbonyl (C=O) groups excluding carboxylic acids is 2. The van der Waals surface area contributed by atoms with Crippen LogP contribution in [0, 0.1) is 0 Å². The van der Waals surface area contributed by atoms with E-state index in [1.54, 1.807) is 6.07 Å². The first kappa shape index (κ1) is 14.2. The fourth-order valence-electron chi connectivity index (χ4n) is 2.35. The molecule has 1 amide bonds. The Morgan fingerprint density at radius 3 is 3.00 bits per heavy atom. The smallest absolute Gasteiger partial charge is 0.220 e. The zero-order chi connectivity index (χ0) is 13.7. The number of piperidine rings is 1. The van der Waals surface area contributed by atoms with Crippen molar-refractivity contribution in [3.63, 3.8) is 0 Å². The highest BCUT2D eigenvalue weighted by Gasteiger charge is 2.20. The highest BCUT2D eigenvalue weighted by Crippen LogP contribution is 2.13. The van der Waals surface area contributed by atoms with Crippen molar-refractivity contribution in [3.8, 4) is 0 Å². The number of carbonyl (C=O) groups is 2. The summed E-state index contributed by atoms with van der Waals surface area (Å²) in [6.45, 7) is 3.07. The highest BCUT2D eigenvalue weighted by molar-refractivity contribution is 7.12. The molecule has 2 rings (SSSR count). The second kappa shape index (κ2) is 6.82. The van der Waals surface area contributed by atoms with Gasteiger partial charge in [-0.05, 0) is 37.8 Å². The van der Waals surface area contributed by atoms with Crippen molar-refractivity contribution in [2.24, 2.45) is 0 Å². The molecule has 19 heavy (non-hydrogen) atoms. The van der Waals surface area contributed by atoms with Crippen molar-refractivity contribution in [3.05, 3.63) is 22.4 Å². The summed E-state index contributed by atoms with van der Waals surface area (Å²) in [7, 11) is 0. The van der Waals surface area contributed by atoms with E-state index in [1.165, 1.54) is 11.3 Å². The third kappa shape index (κ3) is 4.44. The number of ketones is 1. The number of amides is 1.